The number of rotatable bonds is 5. The van der Waals surface area contributed by atoms with Crippen molar-refractivity contribution in [3.05, 3.63) is 59.1 Å². The molecule has 1 atom stereocenters. The van der Waals surface area contributed by atoms with Gasteiger partial charge in [0, 0.05) is 28.7 Å². The summed E-state index contributed by atoms with van der Waals surface area (Å²) in [6, 6.07) is 15.1. The van der Waals surface area contributed by atoms with Crippen LogP contribution in [0.1, 0.15) is 12.0 Å². The molecule has 0 aromatic heterocycles. The van der Waals surface area contributed by atoms with E-state index in [1.165, 1.54) is 4.90 Å². The van der Waals surface area contributed by atoms with Crippen molar-refractivity contribution in [2.75, 3.05) is 17.7 Å². The van der Waals surface area contributed by atoms with E-state index in [2.05, 4.69) is 5.32 Å². The highest BCUT2D eigenvalue weighted by atomic mass is 35.5. The molecule has 6 heteroatoms. The second-order valence-corrected chi connectivity index (χ2v) is 7.19. The predicted octanol–water partition coefficient (Wildman–Crippen LogP) is 3.73. The van der Waals surface area contributed by atoms with E-state index in [1.807, 2.05) is 30.5 Å². The van der Waals surface area contributed by atoms with Gasteiger partial charge in [0.25, 0.3) is 0 Å². The van der Waals surface area contributed by atoms with Crippen molar-refractivity contribution in [1.29, 1.82) is 0 Å². The summed E-state index contributed by atoms with van der Waals surface area (Å²) in [4.78, 5) is 27.8. The number of amides is 2. The number of hydrogen-bond acceptors (Lipinski definition) is 3. The van der Waals surface area contributed by atoms with E-state index >= 15 is 0 Å². The van der Waals surface area contributed by atoms with E-state index in [4.69, 9.17) is 11.6 Å². The number of thioether (sulfide) groups is 1. The molecule has 1 aliphatic heterocycles. The van der Waals surface area contributed by atoms with Gasteiger partial charge in [-0.1, -0.05) is 23.7 Å². The molecule has 0 saturated carbocycles. The Morgan fingerprint density at radius 3 is 2.52 bits per heavy atom. The van der Waals surface area contributed by atoms with Gasteiger partial charge in [-0.3, -0.25) is 9.59 Å². The lowest BCUT2D eigenvalue weighted by atomic mass is 10.1. The second-order valence-electron chi connectivity index (χ2n) is 5.87. The molecule has 130 valence electrons. The maximum atomic E-state index is 12.6. The number of carbonyl (C=O) groups excluding carboxylic acids is 2. The Balaban J connectivity index is 1.59. The summed E-state index contributed by atoms with van der Waals surface area (Å²) in [6.07, 6.45) is 2.55. The highest BCUT2D eigenvalue weighted by molar-refractivity contribution is 7.98. The van der Waals surface area contributed by atoms with Gasteiger partial charge in [-0.05, 0) is 54.6 Å². The van der Waals surface area contributed by atoms with Crippen LogP contribution >= 0.6 is 23.4 Å². The molecule has 25 heavy (non-hydrogen) atoms. The molecule has 3 rings (SSSR count). The Labute approximate surface area is 156 Å². The third-order valence-corrected chi connectivity index (χ3v) is 5.28. The minimum Gasteiger partial charge on any atom is -0.351 e. The number of anilines is 1. The molecule has 2 aromatic rings. The molecule has 0 bridgehead atoms. The second kappa shape index (κ2) is 7.93. The van der Waals surface area contributed by atoms with Crippen LogP contribution in [0.2, 0.25) is 5.02 Å². The summed E-state index contributed by atoms with van der Waals surface area (Å²) in [5, 5.41) is 3.50. The highest BCUT2D eigenvalue weighted by Crippen LogP contribution is 2.26. The molecular weight excluding hydrogens is 356 g/mol. The summed E-state index contributed by atoms with van der Waals surface area (Å²) >= 11 is 7.56. The van der Waals surface area contributed by atoms with E-state index in [1.54, 1.807) is 40.9 Å². The van der Waals surface area contributed by atoms with Gasteiger partial charge in [-0.2, -0.15) is 0 Å². The molecule has 4 nitrogen and oxygen atoms in total. The van der Waals surface area contributed by atoms with E-state index in [0.717, 1.165) is 11.3 Å². The van der Waals surface area contributed by atoms with Crippen molar-refractivity contribution in [3.8, 4) is 0 Å². The van der Waals surface area contributed by atoms with Gasteiger partial charge < -0.3 is 10.2 Å². The maximum absolute atomic E-state index is 12.6. The summed E-state index contributed by atoms with van der Waals surface area (Å²) in [7, 11) is 0. The van der Waals surface area contributed by atoms with Gasteiger partial charge in [0.1, 0.15) is 5.92 Å². The molecule has 0 aliphatic carbocycles. The number of hydrogen-bond donors (Lipinski definition) is 1. The zero-order chi connectivity index (χ0) is 17.8. The first-order chi connectivity index (χ1) is 12.1. The summed E-state index contributed by atoms with van der Waals surface area (Å²) in [5.41, 5.74) is 1.79. The first kappa shape index (κ1) is 17.8. The first-order valence-corrected chi connectivity index (χ1v) is 9.66. The van der Waals surface area contributed by atoms with Crippen LogP contribution in [0.25, 0.3) is 0 Å². The van der Waals surface area contributed by atoms with Crippen molar-refractivity contribution in [2.24, 2.45) is 5.92 Å². The lowest BCUT2D eigenvalue weighted by molar-refractivity contribution is -0.132. The fraction of sp³-hybridized carbons (Fsp3) is 0.263. The molecule has 1 fully saturated rings. The Kier molecular flexibility index (Phi) is 5.66. The molecular formula is C19H19ClN2O2S. The standard InChI is InChI=1S/C19H19ClN2O2S/c1-25-16-8-2-13(3-9-16)12-21-18(23)17-10-11-22(19(17)24)15-6-4-14(20)5-7-15/h2-9,17H,10-12H2,1H3,(H,21,23)/t17-/m1/s1. The van der Waals surface area contributed by atoms with Crippen LogP contribution in [0.5, 0.6) is 0 Å². The van der Waals surface area contributed by atoms with E-state index in [9.17, 15) is 9.59 Å². The van der Waals surface area contributed by atoms with Gasteiger partial charge in [-0.25, -0.2) is 0 Å². The van der Waals surface area contributed by atoms with Crippen LogP contribution in [0.15, 0.2) is 53.4 Å². The topological polar surface area (TPSA) is 49.4 Å². The SMILES string of the molecule is CSc1ccc(CNC(=O)[C@H]2CCN(c3ccc(Cl)cc3)C2=O)cc1. The zero-order valence-electron chi connectivity index (χ0n) is 13.9. The molecule has 0 unspecified atom stereocenters. The van der Waals surface area contributed by atoms with E-state index in [0.29, 0.717) is 24.5 Å². The Hall–Kier alpha value is -1.98. The average molecular weight is 375 g/mol. The van der Waals surface area contributed by atoms with Gasteiger partial charge in [-0.15, -0.1) is 11.8 Å². The van der Waals surface area contributed by atoms with Gasteiger partial charge in [0.05, 0.1) is 0 Å². The fourth-order valence-corrected chi connectivity index (χ4v) is 3.39. The first-order valence-electron chi connectivity index (χ1n) is 8.06. The van der Waals surface area contributed by atoms with Crippen LogP contribution in [0.3, 0.4) is 0 Å². The van der Waals surface area contributed by atoms with Crippen LogP contribution < -0.4 is 10.2 Å². The average Bonchev–Trinajstić information content (AvgIpc) is 3.02. The smallest absolute Gasteiger partial charge is 0.239 e. The number of nitrogens with one attached hydrogen (secondary N) is 1. The van der Waals surface area contributed by atoms with Crippen molar-refractivity contribution in [3.63, 3.8) is 0 Å². The molecule has 1 saturated heterocycles. The van der Waals surface area contributed by atoms with Gasteiger partial charge >= 0.3 is 0 Å². The summed E-state index contributed by atoms with van der Waals surface area (Å²) in [6.45, 7) is 0.971. The molecule has 0 spiro atoms. The van der Waals surface area contributed by atoms with Crippen molar-refractivity contribution in [1.82, 2.24) is 5.32 Å². The number of halogens is 1. The third-order valence-electron chi connectivity index (χ3n) is 4.29. The minimum absolute atomic E-state index is 0.155. The summed E-state index contributed by atoms with van der Waals surface area (Å²) in [5.74, 6) is -0.992. The molecule has 2 amide bonds. The quantitative estimate of drug-likeness (QED) is 0.640. The largest absolute Gasteiger partial charge is 0.351 e. The Morgan fingerprint density at radius 2 is 1.88 bits per heavy atom. The van der Waals surface area contributed by atoms with Crippen LogP contribution in [-0.4, -0.2) is 24.6 Å². The summed E-state index contributed by atoms with van der Waals surface area (Å²) < 4.78 is 0. The fourth-order valence-electron chi connectivity index (χ4n) is 2.86. The van der Waals surface area contributed by atoms with Crippen LogP contribution in [-0.2, 0) is 16.1 Å². The molecule has 2 aromatic carbocycles. The highest BCUT2D eigenvalue weighted by Gasteiger charge is 2.37. The number of carbonyl (C=O) groups is 2. The molecule has 0 radical (unpaired) electrons. The van der Waals surface area contributed by atoms with Crippen LogP contribution in [0.4, 0.5) is 5.69 Å². The maximum Gasteiger partial charge on any atom is 0.239 e. The molecule has 1 heterocycles. The minimum atomic E-state index is -0.624. The lowest BCUT2D eigenvalue weighted by Crippen LogP contribution is -2.36. The third kappa shape index (κ3) is 4.17. The van der Waals surface area contributed by atoms with E-state index < -0.39 is 5.92 Å². The zero-order valence-corrected chi connectivity index (χ0v) is 15.4. The lowest BCUT2D eigenvalue weighted by Gasteiger charge is -2.17. The molecule has 1 aliphatic rings. The Morgan fingerprint density at radius 1 is 1.20 bits per heavy atom. The monoisotopic (exact) mass is 374 g/mol. The predicted molar refractivity (Wildman–Crippen MR) is 102 cm³/mol. The van der Waals surface area contributed by atoms with Crippen molar-refractivity contribution in [2.45, 2.75) is 17.9 Å². The Bertz CT molecular complexity index is 762. The van der Waals surface area contributed by atoms with Gasteiger partial charge in [0.15, 0.2) is 0 Å². The van der Waals surface area contributed by atoms with Crippen molar-refractivity contribution < 1.29 is 9.59 Å². The number of nitrogens with zero attached hydrogens (tertiary/aromatic N) is 1. The van der Waals surface area contributed by atoms with Crippen LogP contribution in [0, 0.1) is 5.92 Å². The van der Waals surface area contributed by atoms with Gasteiger partial charge in [0.2, 0.25) is 11.8 Å². The number of benzene rings is 2. The van der Waals surface area contributed by atoms with E-state index in [-0.39, 0.29) is 11.8 Å². The van der Waals surface area contributed by atoms with Crippen molar-refractivity contribution >= 4 is 40.9 Å². The normalized spacial score (nSPS) is 17.0. The molecule has 1 N–H and O–H groups in total.